The van der Waals surface area contributed by atoms with Gasteiger partial charge in [-0.3, -0.25) is 38.8 Å². The van der Waals surface area contributed by atoms with Crippen molar-refractivity contribution in [2.24, 2.45) is 0 Å². The van der Waals surface area contributed by atoms with Gasteiger partial charge in [0.15, 0.2) is 17.8 Å². The molecule has 0 aliphatic carbocycles. The van der Waals surface area contributed by atoms with Crippen molar-refractivity contribution in [3.63, 3.8) is 0 Å². The van der Waals surface area contributed by atoms with E-state index < -0.39 is 77.9 Å². The number of H-pyrrole nitrogens is 2. The lowest BCUT2D eigenvalue weighted by Gasteiger charge is -2.39. The van der Waals surface area contributed by atoms with E-state index in [0.717, 1.165) is 33.4 Å². The predicted octanol–water partition coefficient (Wildman–Crippen LogP) is 10.2. The third kappa shape index (κ3) is 13.6. The Kier molecular flexibility index (Phi) is 19.7. The first kappa shape index (κ1) is 64.4. The summed E-state index contributed by atoms with van der Waals surface area (Å²) in [6.07, 6.45) is -2.28. The molecular formula is C70H67N7O15PS+. The number of benzene rings is 7. The minimum atomic E-state index is -2.26. The molecule has 22 nitrogen and oxygen atoms in total. The lowest BCUT2D eigenvalue weighted by atomic mass is 9.79. The number of anilines is 1. The van der Waals surface area contributed by atoms with Gasteiger partial charge in [0.25, 0.3) is 17.0 Å². The van der Waals surface area contributed by atoms with Crippen LogP contribution in [0.2, 0.25) is 0 Å². The number of imidazole rings is 1. The van der Waals surface area contributed by atoms with Gasteiger partial charge in [-0.05, 0) is 101 Å². The highest BCUT2D eigenvalue weighted by molar-refractivity contribution is 8.00. The summed E-state index contributed by atoms with van der Waals surface area (Å²) < 4.78 is 73.5. The monoisotopic (exact) mass is 1310 g/mol. The molecule has 7 atom stereocenters. The van der Waals surface area contributed by atoms with Crippen molar-refractivity contribution in [3.8, 4) is 28.7 Å². The van der Waals surface area contributed by atoms with E-state index in [4.69, 9.17) is 63.5 Å². The number of fused-ring (bicyclic) bond motifs is 1. The van der Waals surface area contributed by atoms with Crippen LogP contribution in [-0.4, -0.2) is 108 Å². The fourth-order valence-corrected chi connectivity index (χ4v) is 13.2. The van der Waals surface area contributed by atoms with Gasteiger partial charge in [-0.15, -0.1) is 9.05 Å². The van der Waals surface area contributed by atoms with Crippen molar-refractivity contribution in [2.45, 2.75) is 67.8 Å². The molecule has 94 heavy (non-hydrogen) atoms. The largest absolute Gasteiger partial charge is 0.522 e. The first-order valence-corrected chi connectivity index (χ1v) is 32.3. The summed E-state index contributed by atoms with van der Waals surface area (Å²) in [5.41, 5.74) is 0.534. The number of ether oxygens (including phenoxy) is 9. The van der Waals surface area contributed by atoms with E-state index in [1.807, 2.05) is 164 Å². The second-order valence-electron chi connectivity index (χ2n) is 22.2. The number of carbonyl (C=O) groups excluding carboxylic acids is 1. The number of para-hydroxylation sites is 1. The van der Waals surface area contributed by atoms with E-state index in [1.165, 1.54) is 17.1 Å². The number of carbonyl (C=O) groups is 1. The highest BCUT2D eigenvalue weighted by atomic mass is 32.4. The summed E-state index contributed by atoms with van der Waals surface area (Å²) in [6, 6.07) is 58.8. The number of hydrogen-bond acceptors (Lipinski definition) is 18. The number of nitrogens with zero attached hydrogens (tertiary/aromatic N) is 4. The van der Waals surface area contributed by atoms with Crippen molar-refractivity contribution >= 4 is 42.0 Å². The Balaban J connectivity index is 0.891. The fourth-order valence-electron chi connectivity index (χ4n) is 11.9. The molecule has 482 valence electrons. The Labute approximate surface area is 545 Å². The topological polar surface area (TPSA) is 249 Å². The van der Waals surface area contributed by atoms with Crippen molar-refractivity contribution < 1.29 is 56.5 Å². The number of aromatic amines is 2. The van der Waals surface area contributed by atoms with Crippen LogP contribution in [0.1, 0.15) is 64.2 Å². The van der Waals surface area contributed by atoms with Crippen LogP contribution in [0.4, 0.5) is 5.95 Å². The average Bonchev–Trinajstić information content (AvgIpc) is 1.16. The summed E-state index contributed by atoms with van der Waals surface area (Å²) >= 11 is 6.20. The van der Waals surface area contributed by atoms with Gasteiger partial charge in [0.05, 0.1) is 47.5 Å². The van der Waals surface area contributed by atoms with Crippen LogP contribution in [-0.2, 0) is 55.8 Å². The quantitative estimate of drug-likeness (QED) is 0.0337. The molecule has 3 aromatic heterocycles. The van der Waals surface area contributed by atoms with Crippen molar-refractivity contribution in [1.82, 2.24) is 29.1 Å². The van der Waals surface area contributed by atoms with E-state index in [1.54, 1.807) is 64.2 Å². The number of rotatable bonds is 26. The summed E-state index contributed by atoms with van der Waals surface area (Å²) in [5.74, 6) is 2.30. The first-order chi connectivity index (χ1) is 45.8. The molecule has 2 fully saturated rings. The second-order valence-corrected chi connectivity index (χ2v) is 24.0. The molecule has 1 amide bonds. The van der Waals surface area contributed by atoms with Crippen LogP contribution in [0.25, 0.3) is 11.2 Å². The number of aryl methyl sites for hydroxylation is 1. The van der Waals surface area contributed by atoms with Crippen LogP contribution >= 0.6 is 7.15 Å². The van der Waals surface area contributed by atoms with E-state index in [9.17, 15) is 19.2 Å². The molecule has 0 bridgehead atoms. The van der Waals surface area contributed by atoms with Crippen LogP contribution in [0, 0.1) is 6.92 Å². The molecule has 24 heteroatoms. The molecule has 0 spiro atoms. The van der Waals surface area contributed by atoms with Gasteiger partial charge in [0, 0.05) is 24.6 Å². The highest BCUT2D eigenvalue weighted by Gasteiger charge is 2.49. The Morgan fingerprint density at radius 2 is 1.05 bits per heavy atom. The summed E-state index contributed by atoms with van der Waals surface area (Å²) in [6.45, 7) is 0.928. The third-order valence-electron chi connectivity index (χ3n) is 16.6. The Bertz CT molecular complexity index is 4330. The molecule has 12 rings (SSSR count). The molecule has 2 aliphatic rings. The minimum absolute atomic E-state index is 0.0172. The van der Waals surface area contributed by atoms with Gasteiger partial charge < -0.3 is 42.6 Å². The summed E-state index contributed by atoms with van der Waals surface area (Å²) in [7, 11) is 4.14. The number of hydrogen-bond donors (Lipinski definition) is 3. The zero-order chi connectivity index (χ0) is 65.3. The average molecular weight is 1310 g/mol. The number of methoxy groups -OCH3 is 4. The smallest absolute Gasteiger partial charge is 0.497 e. The predicted molar refractivity (Wildman–Crippen MR) is 352 cm³/mol. The molecular weight excluding hydrogens is 1240 g/mol. The third-order valence-corrected chi connectivity index (χ3v) is 18.0. The highest BCUT2D eigenvalue weighted by Crippen LogP contribution is 2.48. The summed E-state index contributed by atoms with van der Waals surface area (Å²) in [5, 5.41) is 2.64. The standard InChI is InChI=1S/C70H66N7O15PS/c1-44-39-76(68(81)75-65(44)79)61-37-56(91-70(46-17-11-7-12-18-46,49-25-33-53(84-4)34-26-49)50-27-35-54(85-5)36-28-50)59(90-61)41-88-93(94)92-57-38-62(77-43-71-63-64(77)73-67(74-66(63)80)72-60(78)42-86-55-19-13-8-14-20-55)89-58(57)40-87-69(45-15-9-6-10-16-45,47-21-29-51(82-2)30-22-47)48-23-31-52(83-3)32-24-48/h6-36,39,43,56-59,61-62H,37-38,40-42H2,1-5H3,(H2-,72,73,74,75,78,79,80,81)/p+1/t56-,57-,58+,59+,61+,62?/m0/s1. The minimum Gasteiger partial charge on any atom is -0.497 e. The Morgan fingerprint density at radius 3 is 1.59 bits per heavy atom. The molecule has 2 saturated heterocycles. The summed E-state index contributed by atoms with van der Waals surface area (Å²) in [4.78, 5) is 67.6. The fraction of sp³-hybridized carbons (Fsp3) is 0.257. The van der Waals surface area contributed by atoms with Crippen molar-refractivity contribution in [2.75, 3.05) is 53.6 Å². The maximum Gasteiger partial charge on any atom is 0.522 e. The van der Waals surface area contributed by atoms with Crippen LogP contribution < -0.4 is 45.8 Å². The van der Waals surface area contributed by atoms with E-state index in [2.05, 4.69) is 25.3 Å². The van der Waals surface area contributed by atoms with E-state index in [0.29, 0.717) is 34.3 Å². The van der Waals surface area contributed by atoms with Crippen LogP contribution in [0.15, 0.2) is 215 Å². The van der Waals surface area contributed by atoms with E-state index >= 15 is 0 Å². The molecule has 2 unspecified atom stereocenters. The lowest BCUT2D eigenvalue weighted by Crippen LogP contribution is -2.41. The van der Waals surface area contributed by atoms with Crippen LogP contribution in [0.3, 0.4) is 0 Å². The molecule has 10 aromatic rings. The Hall–Kier alpha value is -9.68. The number of nitrogens with one attached hydrogen (secondary N) is 3. The van der Waals surface area contributed by atoms with Crippen molar-refractivity contribution in [3.05, 3.63) is 271 Å². The molecule has 3 N–H and O–H groups in total. The maximum atomic E-state index is 13.7. The second kappa shape index (κ2) is 28.7. The van der Waals surface area contributed by atoms with Gasteiger partial charge in [0.2, 0.25) is 17.8 Å². The maximum absolute atomic E-state index is 13.7. The lowest BCUT2D eigenvalue weighted by molar-refractivity contribution is -0.118. The zero-order valence-corrected chi connectivity index (χ0v) is 53.5. The van der Waals surface area contributed by atoms with Crippen molar-refractivity contribution in [1.29, 1.82) is 0 Å². The molecule has 0 saturated carbocycles. The SMILES string of the molecule is COc1ccc(C(OC[C@H]2OC(n3cnc4c(=O)[nH]c(NC(=O)COc5ccccc5)nc43)C[C@@H]2O[P+](=S)OC[C@H]2O[C@@H](n3cc(C)c(=O)[nH]c3=O)C[C@@H]2OC(c2ccccc2)(c2ccc(OC)cc2)c2ccc(OC)cc2)(c2ccccc2)c2ccc(OC)cc2)cc1. The van der Waals surface area contributed by atoms with Gasteiger partial charge in [0.1, 0.15) is 77.3 Å². The molecule has 0 radical (unpaired) electrons. The number of amides is 1. The van der Waals surface area contributed by atoms with Gasteiger partial charge in [-0.1, -0.05) is 127 Å². The molecule has 7 aromatic carbocycles. The van der Waals surface area contributed by atoms with Gasteiger partial charge >= 0.3 is 12.8 Å². The van der Waals surface area contributed by atoms with E-state index in [-0.39, 0.29) is 49.8 Å². The van der Waals surface area contributed by atoms with Crippen LogP contribution in [0.5, 0.6) is 28.7 Å². The zero-order valence-electron chi connectivity index (χ0n) is 51.8. The molecule has 5 heterocycles. The van der Waals surface area contributed by atoms with Gasteiger partial charge in [-0.2, -0.15) is 4.98 Å². The first-order valence-electron chi connectivity index (χ1n) is 30.1. The molecule has 2 aliphatic heterocycles. The normalized spacial score (nSPS) is 18.2. The Morgan fingerprint density at radius 1 is 0.585 bits per heavy atom. The number of aromatic nitrogens is 6. The van der Waals surface area contributed by atoms with Gasteiger partial charge in [-0.25, -0.2) is 9.78 Å².